The first-order valence-corrected chi connectivity index (χ1v) is 6.61. The number of aromatic nitrogens is 3. The number of anilines is 1. The molecule has 0 aliphatic carbocycles. The second-order valence-electron chi connectivity index (χ2n) is 4.18. The minimum absolute atomic E-state index is 0.0729. The molecule has 2 aromatic heterocycles. The Balaban J connectivity index is 2.15. The maximum Gasteiger partial charge on any atom is 0.355 e. The van der Waals surface area contributed by atoms with Gasteiger partial charge in [-0.2, -0.15) is 0 Å². The smallest absolute Gasteiger partial charge is 0.355 e. The fraction of sp³-hybridized carbons (Fsp3) is 0.333. The maximum absolute atomic E-state index is 10.8. The van der Waals surface area contributed by atoms with Crippen molar-refractivity contribution in [3.8, 4) is 0 Å². The van der Waals surface area contributed by atoms with Crippen LogP contribution in [0.4, 0.5) is 5.82 Å². The predicted octanol–water partition coefficient (Wildman–Crippen LogP) is 2.42. The first-order chi connectivity index (χ1) is 8.95. The van der Waals surface area contributed by atoms with Gasteiger partial charge in [0.25, 0.3) is 0 Å². The minimum Gasteiger partial charge on any atom is -0.476 e. The van der Waals surface area contributed by atoms with Gasteiger partial charge in [0.1, 0.15) is 16.6 Å². The monoisotopic (exact) mass is 278 g/mol. The van der Waals surface area contributed by atoms with Crippen LogP contribution in [0.5, 0.6) is 0 Å². The number of aryl methyl sites for hydroxylation is 2. The lowest BCUT2D eigenvalue weighted by atomic mass is 10.3. The SMILES string of the molecule is Cc1cc(NC(C)c2nc(C(=O)O)cs2)nc(C)n1. The summed E-state index contributed by atoms with van der Waals surface area (Å²) in [6, 6.07) is 1.74. The van der Waals surface area contributed by atoms with E-state index in [1.54, 1.807) is 0 Å². The van der Waals surface area contributed by atoms with E-state index in [9.17, 15) is 4.79 Å². The molecule has 2 aromatic rings. The largest absolute Gasteiger partial charge is 0.476 e. The molecule has 0 bridgehead atoms. The Morgan fingerprint density at radius 3 is 2.68 bits per heavy atom. The van der Waals surface area contributed by atoms with Crippen LogP contribution in [0.25, 0.3) is 0 Å². The quantitative estimate of drug-likeness (QED) is 0.893. The summed E-state index contributed by atoms with van der Waals surface area (Å²) in [5, 5.41) is 14.3. The van der Waals surface area contributed by atoms with E-state index in [4.69, 9.17) is 5.11 Å². The Morgan fingerprint density at radius 1 is 1.37 bits per heavy atom. The van der Waals surface area contributed by atoms with Crippen molar-refractivity contribution >= 4 is 23.1 Å². The standard InChI is InChI=1S/C12H14N4O2S/c1-6-4-10(15-8(3)13-6)14-7(2)11-16-9(5-19-11)12(17)18/h4-5,7H,1-3H3,(H,17,18)(H,13,14,15). The normalized spacial score (nSPS) is 12.2. The molecule has 0 aromatic carbocycles. The zero-order valence-electron chi connectivity index (χ0n) is 10.8. The van der Waals surface area contributed by atoms with Crippen molar-refractivity contribution < 1.29 is 9.90 Å². The van der Waals surface area contributed by atoms with Crippen LogP contribution in [-0.2, 0) is 0 Å². The lowest BCUT2D eigenvalue weighted by Gasteiger charge is -2.12. The average molecular weight is 278 g/mol. The third-order valence-electron chi connectivity index (χ3n) is 2.44. The summed E-state index contributed by atoms with van der Waals surface area (Å²) in [6.45, 7) is 5.64. The van der Waals surface area contributed by atoms with Crippen molar-refractivity contribution in [2.24, 2.45) is 0 Å². The number of hydrogen-bond donors (Lipinski definition) is 2. The molecule has 1 unspecified atom stereocenters. The lowest BCUT2D eigenvalue weighted by Crippen LogP contribution is -2.09. The van der Waals surface area contributed by atoms with Crippen molar-refractivity contribution in [2.45, 2.75) is 26.8 Å². The Hall–Kier alpha value is -2.02. The Labute approximate surface area is 114 Å². The number of nitrogens with zero attached hydrogens (tertiary/aromatic N) is 3. The van der Waals surface area contributed by atoms with Crippen molar-refractivity contribution in [3.63, 3.8) is 0 Å². The van der Waals surface area contributed by atoms with Crippen molar-refractivity contribution in [2.75, 3.05) is 5.32 Å². The molecular formula is C12H14N4O2S. The van der Waals surface area contributed by atoms with Crippen LogP contribution in [0.3, 0.4) is 0 Å². The molecule has 0 spiro atoms. The molecule has 6 nitrogen and oxygen atoms in total. The zero-order valence-corrected chi connectivity index (χ0v) is 11.7. The molecular weight excluding hydrogens is 264 g/mol. The average Bonchev–Trinajstić information content (AvgIpc) is 2.76. The minimum atomic E-state index is -1.01. The van der Waals surface area contributed by atoms with Gasteiger partial charge in [-0.05, 0) is 20.8 Å². The zero-order chi connectivity index (χ0) is 14.0. The van der Waals surface area contributed by atoms with E-state index in [1.807, 2.05) is 26.8 Å². The van der Waals surface area contributed by atoms with Crippen molar-refractivity contribution in [1.29, 1.82) is 0 Å². The second kappa shape index (κ2) is 5.31. The molecule has 0 fully saturated rings. The molecule has 19 heavy (non-hydrogen) atoms. The number of nitrogens with one attached hydrogen (secondary N) is 1. The highest BCUT2D eigenvalue weighted by atomic mass is 32.1. The molecule has 7 heteroatoms. The summed E-state index contributed by atoms with van der Waals surface area (Å²) in [5.74, 6) is 0.396. The van der Waals surface area contributed by atoms with Gasteiger partial charge in [-0.25, -0.2) is 19.7 Å². The maximum atomic E-state index is 10.8. The summed E-state index contributed by atoms with van der Waals surface area (Å²) in [6.07, 6.45) is 0. The molecule has 0 saturated heterocycles. The number of rotatable bonds is 4. The molecule has 0 saturated carbocycles. The van der Waals surface area contributed by atoms with E-state index in [2.05, 4.69) is 20.3 Å². The van der Waals surface area contributed by atoms with E-state index >= 15 is 0 Å². The molecule has 2 heterocycles. The number of carbonyl (C=O) groups is 1. The van der Waals surface area contributed by atoms with Gasteiger partial charge in [0.15, 0.2) is 5.69 Å². The first kappa shape index (κ1) is 13.4. The van der Waals surface area contributed by atoms with Crippen molar-refractivity contribution in [1.82, 2.24) is 15.0 Å². The highest BCUT2D eigenvalue weighted by Gasteiger charge is 2.14. The molecule has 0 aliphatic rings. The molecule has 1 atom stereocenters. The summed E-state index contributed by atoms with van der Waals surface area (Å²) >= 11 is 1.32. The van der Waals surface area contributed by atoms with E-state index in [0.717, 1.165) is 5.69 Å². The van der Waals surface area contributed by atoms with E-state index in [-0.39, 0.29) is 11.7 Å². The van der Waals surface area contributed by atoms with Crippen LogP contribution in [-0.4, -0.2) is 26.0 Å². The van der Waals surface area contributed by atoms with E-state index in [1.165, 1.54) is 16.7 Å². The van der Waals surface area contributed by atoms with Gasteiger partial charge in [-0.3, -0.25) is 0 Å². The van der Waals surface area contributed by atoms with Gasteiger partial charge >= 0.3 is 5.97 Å². The lowest BCUT2D eigenvalue weighted by molar-refractivity contribution is 0.0691. The Kier molecular flexibility index (Phi) is 3.75. The van der Waals surface area contributed by atoms with Crippen LogP contribution in [0.15, 0.2) is 11.4 Å². The number of carboxylic acids is 1. The van der Waals surface area contributed by atoms with Crippen LogP contribution >= 0.6 is 11.3 Å². The fourth-order valence-corrected chi connectivity index (χ4v) is 2.46. The van der Waals surface area contributed by atoms with Crippen LogP contribution < -0.4 is 5.32 Å². The summed E-state index contributed by atoms with van der Waals surface area (Å²) in [4.78, 5) is 23.3. The molecule has 2 N–H and O–H groups in total. The summed E-state index contributed by atoms with van der Waals surface area (Å²) in [7, 11) is 0. The molecule has 0 radical (unpaired) electrons. The molecule has 2 rings (SSSR count). The number of thiazole rings is 1. The first-order valence-electron chi connectivity index (χ1n) is 5.73. The Morgan fingerprint density at radius 2 is 2.11 bits per heavy atom. The van der Waals surface area contributed by atoms with Crippen LogP contribution in [0.2, 0.25) is 0 Å². The Bertz CT molecular complexity index is 591. The van der Waals surface area contributed by atoms with Crippen LogP contribution in [0, 0.1) is 13.8 Å². The van der Waals surface area contributed by atoms with Gasteiger partial charge in [0, 0.05) is 17.1 Å². The predicted molar refractivity (Wildman–Crippen MR) is 72.6 cm³/mol. The van der Waals surface area contributed by atoms with Gasteiger partial charge in [-0.15, -0.1) is 11.3 Å². The van der Waals surface area contributed by atoms with Gasteiger partial charge in [0.2, 0.25) is 0 Å². The number of hydrogen-bond acceptors (Lipinski definition) is 6. The molecule has 0 amide bonds. The van der Waals surface area contributed by atoms with E-state index in [0.29, 0.717) is 16.6 Å². The summed E-state index contributed by atoms with van der Waals surface area (Å²) < 4.78 is 0. The van der Waals surface area contributed by atoms with Crippen molar-refractivity contribution in [3.05, 3.63) is 33.7 Å². The van der Waals surface area contributed by atoms with Gasteiger partial charge in [-0.1, -0.05) is 0 Å². The summed E-state index contributed by atoms with van der Waals surface area (Å²) in [5.41, 5.74) is 0.955. The molecule has 100 valence electrons. The number of carboxylic acid groups (broad SMARTS) is 1. The molecule has 0 aliphatic heterocycles. The third-order valence-corrected chi connectivity index (χ3v) is 3.47. The van der Waals surface area contributed by atoms with Gasteiger partial charge < -0.3 is 10.4 Å². The second-order valence-corrected chi connectivity index (χ2v) is 5.07. The topological polar surface area (TPSA) is 88.0 Å². The fourth-order valence-electron chi connectivity index (χ4n) is 1.66. The highest BCUT2D eigenvalue weighted by Crippen LogP contribution is 2.21. The number of aromatic carboxylic acids is 1. The van der Waals surface area contributed by atoms with Gasteiger partial charge in [0.05, 0.1) is 6.04 Å². The highest BCUT2D eigenvalue weighted by molar-refractivity contribution is 7.09. The third kappa shape index (κ3) is 3.25. The van der Waals surface area contributed by atoms with E-state index < -0.39 is 5.97 Å². The van der Waals surface area contributed by atoms with Crippen LogP contribution in [0.1, 0.15) is 40.0 Å².